The highest BCUT2D eigenvalue weighted by Crippen LogP contribution is 2.69. The normalized spacial score (nSPS) is 35.8. The van der Waals surface area contributed by atoms with Crippen molar-refractivity contribution < 1.29 is 68.2 Å². The van der Waals surface area contributed by atoms with Crippen LogP contribution >= 0.6 is 0 Å². The van der Waals surface area contributed by atoms with Crippen molar-refractivity contribution in [1.29, 1.82) is 0 Å². The minimum Gasteiger partial charge on any atom is -0.463 e. The molecule has 19 heteroatoms. The van der Waals surface area contributed by atoms with E-state index in [-0.39, 0.29) is 37.9 Å². The van der Waals surface area contributed by atoms with E-state index in [1.54, 1.807) is 6.92 Å². The van der Waals surface area contributed by atoms with Gasteiger partial charge in [-0.05, 0) is 63.5 Å². The highest BCUT2D eigenvalue weighted by Gasteiger charge is 2.76. The maximum absolute atomic E-state index is 17.2. The minimum absolute atomic E-state index is 0.0696. The molecule has 272 valence electrons. The van der Waals surface area contributed by atoms with E-state index in [2.05, 4.69) is 9.68 Å². The summed E-state index contributed by atoms with van der Waals surface area (Å²) >= 11 is 0. The first-order chi connectivity index (χ1) is 22.8. The lowest BCUT2D eigenvalue weighted by atomic mass is 9.44. The summed E-state index contributed by atoms with van der Waals surface area (Å²) in [5, 5.41) is 52.8. The molecule has 0 aromatic carbocycles. The highest BCUT2D eigenvalue weighted by molar-refractivity contribution is 6.01. The maximum atomic E-state index is 17.2. The lowest BCUT2D eigenvalue weighted by Gasteiger charge is -2.62. The second-order valence-corrected chi connectivity index (χ2v) is 13.5. The zero-order valence-electron chi connectivity index (χ0n) is 26.9. The molecule has 18 nitrogen and oxygen atoms in total. The summed E-state index contributed by atoms with van der Waals surface area (Å²) in [6.07, 6.45) is -1.29. The number of allylic oxidation sites excluding steroid dienone is 4. The van der Waals surface area contributed by atoms with Crippen molar-refractivity contribution in [1.82, 2.24) is 0 Å². The van der Waals surface area contributed by atoms with E-state index in [1.165, 1.54) is 25.2 Å². The number of carbonyl (C=O) groups excluding carboxylic acids is 4. The highest BCUT2D eigenvalue weighted by atomic mass is 19.1. The fraction of sp³-hybridized carbons (Fsp3) is 0.733. The summed E-state index contributed by atoms with van der Waals surface area (Å²) in [7, 11) is 0. The maximum Gasteiger partial charge on any atom is 0.326 e. The zero-order chi connectivity index (χ0) is 36.5. The standard InChI is InChI=1S/C30H40FN3O15/c1-27-9-8-17(35)10-16(27)6-7-19-20-11-22(36)30(41,28(20,2)12-23(37)29(19,27)31)24(38)15-47-26(40)21(32)14-46-25(39)5-3-4-18(49-34(44)45)13-48-33(42)43/h8-10,18-23,36-37,41H,3-7,11-15,32H2,1-2H3/t18?,19?,20?,21?,22-,23+,27+,28+,29+,30+/m1/s1. The molecule has 0 radical (unpaired) electrons. The van der Waals surface area contributed by atoms with Gasteiger partial charge in [-0.25, -0.2) is 4.39 Å². The number of rotatable bonds is 15. The smallest absolute Gasteiger partial charge is 0.326 e. The lowest BCUT2D eigenvalue weighted by molar-refractivity contribution is -0.790. The van der Waals surface area contributed by atoms with Gasteiger partial charge in [-0.1, -0.05) is 18.6 Å². The molecule has 4 aliphatic rings. The summed E-state index contributed by atoms with van der Waals surface area (Å²) in [5.41, 5.74) is -1.39. The predicted octanol–water partition coefficient (Wildman–Crippen LogP) is -0.00260. The topological polar surface area (TPSA) is 278 Å². The summed E-state index contributed by atoms with van der Waals surface area (Å²) in [4.78, 5) is 79.2. The SMILES string of the molecule is C[C@]12C=CC(=O)C=C1CCC1C3C[C@@H](O)[C@](O)(C(=O)COC(=O)C(N)COC(=O)CCCC(CO[N+](=O)[O-])O[N+](=O)[O-])[C@@]3(C)C[C@H](O)[C@@]12F. The Balaban J connectivity index is 1.32. The van der Waals surface area contributed by atoms with Crippen LogP contribution in [0.15, 0.2) is 23.8 Å². The molecule has 0 aliphatic heterocycles. The van der Waals surface area contributed by atoms with Crippen LogP contribution < -0.4 is 5.73 Å². The van der Waals surface area contributed by atoms with Gasteiger partial charge < -0.3 is 40.2 Å². The average molecular weight is 702 g/mol. The van der Waals surface area contributed by atoms with E-state index >= 15 is 4.39 Å². The first-order valence-electron chi connectivity index (χ1n) is 15.7. The molecule has 0 aromatic heterocycles. The van der Waals surface area contributed by atoms with Crippen LogP contribution in [0, 0.1) is 42.9 Å². The number of hydrogen-bond donors (Lipinski definition) is 4. The Kier molecular flexibility index (Phi) is 10.8. The van der Waals surface area contributed by atoms with Crippen LogP contribution in [0.1, 0.15) is 58.8 Å². The Bertz CT molecular complexity index is 1440. The van der Waals surface area contributed by atoms with Gasteiger partial charge in [-0.15, -0.1) is 20.2 Å². The number of nitrogens with two attached hydrogens (primary N) is 1. The molecule has 4 aliphatic carbocycles. The number of carbonyl (C=O) groups is 4. The van der Waals surface area contributed by atoms with Gasteiger partial charge >= 0.3 is 11.9 Å². The second-order valence-electron chi connectivity index (χ2n) is 13.5. The fourth-order valence-corrected chi connectivity index (χ4v) is 8.31. The molecule has 0 bridgehead atoms. The third-order valence-electron chi connectivity index (χ3n) is 10.9. The Morgan fingerprint density at radius 3 is 2.45 bits per heavy atom. The van der Waals surface area contributed by atoms with Crippen molar-refractivity contribution in [3.05, 3.63) is 44.0 Å². The van der Waals surface area contributed by atoms with Crippen LogP contribution in [0.3, 0.4) is 0 Å². The summed E-state index contributed by atoms with van der Waals surface area (Å²) in [6, 6.07) is -1.58. The van der Waals surface area contributed by atoms with Crippen molar-refractivity contribution >= 4 is 23.5 Å². The quantitative estimate of drug-likeness (QED) is 0.0993. The number of nitrogens with zero attached hydrogens (tertiary/aromatic N) is 2. The minimum atomic E-state index is -2.53. The third-order valence-corrected chi connectivity index (χ3v) is 10.9. The first-order valence-corrected chi connectivity index (χ1v) is 15.7. The number of fused-ring (bicyclic) bond motifs is 5. The van der Waals surface area contributed by atoms with E-state index in [0.29, 0.717) is 12.0 Å². The molecule has 10 atom stereocenters. The Hall–Kier alpha value is -4.07. The van der Waals surface area contributed by atoms with Crippen molar-refractivity contribution in [2.24, 2.45) is 28.4 Å². The van der Waals surface area contributed by atoms with Crippen LogP contribution in [-0.4, -0.2) is 104 Å². The molecule has 0 spiro atoms. The molecular formula is C30H40FN3O15. The average Bonchev–Trinajstić information content (AvgIpc) is 3.23. The number of aliphatic hydroxyl groups is 3. The van der Waals surface area contributed by atoms with Crippen LogP contribution in [0.5, 0.6) is 0 Å². The summed E-state index contributed by atoms with van der Waals surface area (Å²) < 4.78 is 27.1. The van der Waals surface area contributed by atoms with Crippen LogP contribution in [-0.2, 0) is 38.3 Å². The monoisotopic (exact) mass is 701 g/mol. The molecule has 4 unspecified atom stereocenters. The van der Waals surface area contributed by atoms with Gasteiger partial charge in [-0.2, -0.15) is 0 Å². The molecule has 49 heavy (non-hydrogen) atoms. The van der Waals surface area contributed by atoms with Crippen molar-refractivity contribution in [2.75, 3.05) is 19.8 Å². The Morgan fingerprint density at radius 2 is 1.80 bits per heavy atom. The Morgan fingerprint density at radius 1 is 1.10 bits per heavy atom. The number of hydrogen-bond acceptors (Lipinski definition) is 16. The zero-order valence-corrected chi connectivity index (χ0v) is 26.9. The third kappa shape index (κ3) is 6.75. The molecule has 4 rings (SSSR count). The van der Waals surface area contributed by atoms with E-state index in [9.17, 15) is 54.7 Å². The Labute approximate surface area is 278 Å². The van der Waals surface area contributed by atoms with E-state index < -0.39 is 112 Å². The lowest BCUT2D eigenvalue weighted by Crippen LogP contribution is -2.69. The second kappa shape index (κ2) is 14.0. The molecule has 0 amide bonds. The van der Waals surface area contributed by atoms with Gasteiger partial charge in [0.25, 0.3) is 10.2 Å². The van der Waals surface area contributed by atoms with Crippen LogP contribution in [0.2, 0.25) is 0 Å². The molecule has 0 saturated heterocycles. The number of ketones is 2. The number of halogens is 1. The van der Waals surface area contributed by atoms with E-state index in [1.807, 2.05) is 0 Å². The molecule has 5 N–H and O–H groups in total. The van der Waals surface area contributed by atoms with Gasteiger partial charge in [0.15, 0.2) is 23.7 Å². The van der Waals surface area contributed by atoms with E-state index in [0.717, 1.165) is 0 Å². The number of esters is 2. The van der Waals surface area contributed by atoms with Crippen LogP contribution in [0.25, 0.3) is 0 Å². The van der Waals surface area contributed by atoms with Crippen molar-refractivity contribution in [3.63, 3.8) is 0 Å². The van der Waals surface area contributed by atoms with Gasteiger partial charge in [0.1, 0.15) is 25.4 Å². The number of aliphatic hydroxyl groups excluding tert-OH is 2. The largest absolute Gasteiger partial charge is 0.463 e. The van der Waals surface area contributed by atoms with Gasteiger partial charge in [0.2, 0.25) is 5.78 Å². The molecule has 0 aromatic rings. The van der Waals surface area contributed by atoms with Crippen LogP contribution in [0.4, 0.5) is 4.39 Å². The van der Waals surface area contributed by atoms with E-state index in [4.69, 9.17) is 15.2 Å². The summed E-state index contributed by atoms with van der Waals surface area (Å²) in [6.45, 7) is 0.596. The first kappa shape index (κ1) is 37.7. The number of Topliss-reactive ketones (excluding diaryl/α,β-unsaturated/α-hetero) is 1. The van der Waals surface area contributed by atoms with Gasteiger partial charge in [0, 0.05) is 23.2 Å². The fourth-order valence-electron chi connectivity index (χ4n) is 8.31. The number of ether oxygens (including phenoxy) is 2. The molecule has 3 fully saturated rings. The summed E-state index contributed by atoms with van der Waals surface area (Å²) in [5.74, 6) is -5.13. The number of alkyl halides is 1. The van der Waals surface area contributed by atoms with Gasteiger partial charge in [0.05, 0.1) is 12.2 Å². The predicted molar refractivity (Wildman–Crippen MR) is 158 cm³/mol. The van der Waals surface area contributed by atoms with Crippen molar-refractivity contribution in [3.8, 4) is 0 Å². The molecular weight excluding hydrogens is 661 g/mol. The van der Waals surface area contributed by atoms with Crippen molar-refractivity contribution in [2.45, 2.75) is 94.4 Å². The van der Waals surface area contributed by atoms with Gasteiger partial charge in [-0.3, -0.25) is 19.2 Å². The molecule has 3 saturated carbocycles. The molecule has 0 heterocycles.